The molecule has 0 radical (unpaired) electrons. The molecule has 3 heterocycles. The van der Waals surface area contributed by atoms with Crippen LogP contribution < -0.4 is 10.6 Å². The van der Waals surface area contributed by atoms with Crippen LogP contribution in [0, 0.1) is 0 Å². The van der Waals surface area contributed by atoms with Crippen LogP contribution in [0.5, 0.6) is 0 Å². The first-order chi connectivity index (χ1) is 13.3. The lowest BCUT2D eigenvalue weighted by atomic mass is 10.1. The molecule has 2 aromatic heterocycles. The standard InChI is InChI=1S/C20H26N6O2/c1-13-11-28-9-8-25(13)19-23-17(14-4-6-15(21)7-5-14)16-10-22-26(18(16)24-19)12-20(2,3)27/h4-7,10,13,27H,8-9,11-12,21H2,1-3H3/t13-/m0/s1. The van der Waals surface area contributed by atoms with Crippen LogP contribution in [-0.2, 0) is 11.3 Å². The maximum absolute atomic E-state index is 10.3. The maximum Gasteiger partial charge on any atom is 0.228 e. The highest BCUT2D eigenvalue weighted by Crippen LogP contribution is 2.30. The number of ether oxygens (including phenoxy) is 1. The largest absolute Gasteiger partial charge is 0.399 e. The van der Waals surface area contributed by atoms with Crippen LogP contribution in [0.2, 0.25) is 0 Å². The molecule has 0 aliphatic carbocycles. The third-order valence-corrected chi connectivity index (χ3v) is 4.83. The minimum Gasteiger partial charge on any atom is -0.399 e. The van der Waals surface area contributed by atoms with Crippen molar-refractivity contribution < 1.29 is 9.84 Å². The molecule has 1 aliphatic rings. The predicted molar refractivity (Wildman–Crippen MR) is 109 cm³/mol. The molecule has 1 aromatic carbocycles. The zero-order valence-electron chi connectivity index (χ0n) is 16.5. The van der Waals surface area contributed by atoms with E-state index < -0.39 is 5.60 Å². The number of rotatable bonds is 4. The van der Waals surface area contributed by atoms with Gasteiger partial charge in [0.1, 0.15) is 0 Å². The van der Waals surface area contributed by atoms with Crippen molar-refractivity contribution in [2.24, 2.45) is 0 Å². The molecule has 1 atom stereocenters. The van der Waals surface area contributed by atoms with E-state index in [2.05, 4.69) is 16.9 Å². The average molecular weight is 382 g/mol. The molecule has 3 aromatic rings. The number of nitrogens with zero attached hydrogens (tertiary/aromatic N) is 5. The van der Waals surface area contributed by atoms with Gasteiger partial charge in [-0.2, -0.15) is 10.1 Å². The summed E-state index contributed by atoms with van der Waals surface area (Å²) in [5.74, 6) is 0.646. The van der Waals surface area contributed by atoms with Gasteiger partial charge < -0.3 is 20.5 Å². The quantitative estimate of drug-likeness (QED) is 0.666. The SMILES string of the molecule is C[C@H]1COCCN1c1nc(-c2ccc(N)cc2)c2cnn(CC(C)(C)O)c2n1. The Hall–Kier alpha value is -2.71. The Morgan fingerprint density at radius 2 is 2.00 bits per heavy atom. The number of morpholine rings is 1. The van der Waals surface area contributed by atoms with Gasteiger partial charge in [-0.15, -0.1) is 0 Å². The van der Waals surface area contributed by atoms with Gasteiger partial charge in [-0.05, 0) is 32.9 Å². The number of aliphatic hydroxyl groups is 1. The number of hydrogen-bond acceptors (Lipinski definition) is 7. The fourth-order valence-corrected chi connectivity index (χ4v) is 3.44. The Morgan fingerprint density at radius 1 is 1.25 bits per heavy atom. The Bertz CT molecular complexity index is 977. The van der Waals surface area contributed by atoms with Crippen molar-refractivity contribution in [3.63, 3.8) is 0 Å². The minimum absolute atomic E-state index is 0.177. The molecule has 0 bridgehead atoms. The number of fused-ring (bicyclic) bond motifs is 1. The van der Waals surface area contributed by atoms with Gasteiger partial charge in [-0.1, -0.05) is 12.1 Å². The molecule has 8 heteroatoms. The highest BCUT2D eigenvalue weighted by Gasteiger charge is 2.25. The minimum atomic E-state index is -0.905. The molecule has 1 aliphatic heterocycles. The van der Waals surface area contributed by atoms with E-state index in [1.165, 1.54) is 0 Å². The molecular weight excluding hydrogens is 356 g/mol. The van der Waals surface area contributed by atoms with Crippen molar-refractivity contribution in [1.82, 2.24) is 19.7 Å². The molecule has 1 saturated heterocycles. The number of benzene rings is 1. The van der Waals surface area contributed by atoms with Crippen LogP contribution in [0.3, 0.4) is 0 Å². The van der Waals surface area contributed by atoms with Crippen LogP contribution in [0.25, 0.3) is 22.3 Å². The smallest absolute Gasteiger partial charge is 0.228 e. The Balaban J connectivity index is 1.89. The molecule has 148 valence electrons. The van der Waals surface area contributed by atoms with Gasteiger partial charge in [0.25, 0.3) is 0 Å². The second-order valence-electron chi connectivity index (χ2n) is 7.96. The normalized spacial score (nSPS) is 18.0. The van der Waals surface area contributed by atoms with E-state index in [4.69, 9.17) is 20.4 Å². The van der Waals surface area contributed by atoms with Gasteiger partial charge in [0.15, 0.2) is 5.65 Å². The molecule has 1 fully saturated rings. The van der Waals surface area contributed by atoms with E-state index in [0.717, 1.165) is 23.2 Å². The van der Waals surface area contributed by atoms with Crippen LogP contribution in [0.15, 0.2) is 30.5 Å². The molecule has 0 amide bonds. The summed E-state index contributed by atoms with van der Waals surface area (Å²) in [6, 6.07) is 7.81. The number of anilines is 2. The van der Waals surface area contributed by atoms with Crippen molar-refractivity contribution in [2.45, 2.75) is 39.0 Å². The van der Waals surface area contributed by atoms with Crippen molar-refractivity contribution in [1.29, 1.82) is 0 Å². The molecule has 28 heavy (non-hydrogen) atoms. The Kier molecular flexibility index (Phi) is 4.68. The first-order valence-corrected chi connectivity index (χ1v) is 9.48. The van der Waals surface area contributed by atoms with Gasteiger partial charge in [0.05, 0.1) is 48.7 Å². The van der Waals surface area contributed by atoms with Crippen LogP contribution >= 0.6 is 0 Å². The summed E-state index contributed by atoms with van der Waals surface area (Å²) in [4.78, 5) is 11.9. The molecule has 0 saturated carbocycles. The maximum atomic E-state index is 10.3. The van der Waals surface area contributed by atoms with Crippen LogP contribution in [-0.4, -0.2) is 56.3 Å². The predicted octanol–water partition coefficient (Wildman–Crippen LogP) is 2.07. The molecule has 0 spiro atoms. The fourth-order valence-electron chi connectivity index (χ4n) is 3.44. The summed E-state index contributed by atoms with van der Waals surface area (Å²) < 4.78 is 7.30. The van der Waals surface area contributed by atoms with Crippen LogP contribution in [0.4, 0.5) is 11.6 Å². The lowest BCUT2D eigenvalue weighted by molar-refractivity contribution is 0.0589. The average Bonchev–Trinajstić information content (AvgIpc) is 3.03. The fraction of sp³-hybridized carbons (Fsp3) is 0.450. The van der Waals surface area contributed by atoms with Gasteiger partial charge in [-0.3, -0.25) is 0 Å². The topological polar surface area (TPSA) is 102 Å². The summed E-state index contributed by atoms with van der Waals surface area (Å²) in [6.45, 7) is 7.97. The summed E-state index contributed by atoms with van der Waals surface area (Å²) in [7, 11) is 0. The van der Waals surface area contributed by atoms with E-state index in [1.54, 1.807) is 24.7 Å². The third-order valence-electron chi connectivity index (χ3n) is 4.83. The van der Waals surface area contributed by atoms with E-state index >= 15 is 0 Å². The van der Waals surface area contributed by atoms with Crippen molar-refractivity contribution in [3.05, 3.63) is 30.5 Å². The highest BCUT2D eigenvalue weighted by molar-refractivity contribution is 5.91. The molecule has 4 rings (SSSR count). The van der Waals surface area contributed by atoms with Crippen molar-refractivity contribution >= 4 is 22.7 Å². The van der Waals surface area contributed by atoms with Gasteiger partial charge >= 0.3 is 0 Å². The zero-order chi connectivity index (χ0) is 19.9. The molecular formula is C20H26N6O2. The number of nitrogens with two attached hydrogens (primary N) is 1. The molecule has 0 unspecified atom stereocenters. The van der Waals surface area contributed by atoms with Crippen molar-refractivity contribution in [2.75, 3.05) is 30.4 Å². The summed E-state index contributed by atoms with van der Waals surface area (Å²) in [5.41, 5.74) is 8.12. The first kappa shape index (κ1) is 18.6. The number of hydrogen-bond donors (Lipinski definition) is 2. The Labute approximate surface area is 164 Å². The second kappa shape index (κ2) is 7.03. The first-order valence-electron chi connectivity index (χ1n) is 9.48. The highest BCUT2D eigenvalue weighted by atomic mass is 16.5. The molecule has 8 nitrogen and oxygen atoms in total. The monoisotopic (exact) mass is 382 g/mol. The van der Waals surface area contributed by atoms with Crippen molar-refractivity contribution in [3.8, 4) is 11.3 Å². The zero-order valence-corrected chi connectivity index (χ0v) is 16.5. The summed E-state index contributed by atoms with van der Waals surface area (Å²) in [6.07, 6.45) is 1.76. The van der Waals surface area contributed by atoms with E-state index in [-0.39, 0.29) is 6.04 Å². The number of aromatic nitrogens is 4. The van der Waals surface area contributed by atoms with Gasteiger partial charge in [0.2, 0.25) is 5.95 Å². The van der Waals surface area contributed by atoms with Gasteiger partial charge in [-0.25, -0.2) is 9.67 Å². The van der Waals surface area contributed by atoms with Gasteiger partial charge in [0, 0.05) is 17.8 Å². The Morgan fingerprint density at radius 3 is 2.68 bits per heavy atom. The summed E-state index contributed by atoms with van der Waals surface area (Å²) >= 11 is 0. The lowest BCUT2D eigenvalue weighted by Gasteiger charge is -2.33. The lowest BCUT2D eigenvalue weighted by Crippen LogP contribution is -2.44. The second-order valence-corrected chi connectivity index (χ2v) is 7.96. The van der Waals surface area contributed by atoms with E-state index in [0.29, 0.717) is 37.0 Å². The third kappa shape index (κ3) is 3.65. The van der Waals surface area contributed by atoms with E-state index in [1.807, 2.05) is 24.3 Å². The number of nitrogen functional groups attached to an aromatic ring is 1. The van der Waals surface area contributed by atoms with Crippen LogP contribution in [0.1, 0.15) is 20.8 Å². The summed E-state index contributed by atoms with van der Waals surface area (Å²) in [5, 5.41) is 15.6. The van der Waals surface area contributed by atoms with E-state index in [9.17, 15) is 5.11 Å². The molecule has 3 N–H and O–H groups in total.